The normalized spacial score (nSPS) is 18.3. The highest BCUT2D eigenvalue weighted by molar-refractivity contribution is 6.34. The minimum atomic E-state index is -4.67. The Hall–Kier alpha value is -3.20. The van der Waals surface area contributed by atoms with E-state index in [0.29, 0.717) is 25.7 Å². The van der Waals surface area contributed by atoms with E-state index in [1.165, 1.54) is 12.1 Å². The van der Waals surface area contributed by atoms with Crippen LogP contribution < -0.4 is 20.9 Å². The molecule has 0 atom stereocenters. The largest absolute Gasteiger partial charge is 0.418 e. The second-order valence-electron chi connectivity index (χ2n) is 8.93. The Morgan fingerprint density at radius 2 is 1.77 bits per heavy atom. The zero-order chi connectivity index (χ0) is 25.3. The highest BCUT2D eigenvalue weighted by Gasteiger charge is 2.39. The van der Waals surface area contributed by atoms with Gasteiger partial charge in [0.25, 0.3) is 0 Å². The molecular formula is C25H27ClF3N5O. The molecular weight excluding hydrogens is 479 g/mol. The first kappa shape index (κ1) is 24.9. The standard InChI is InChI=1S/C25H27ClF3N5O/c1-33(2)21-14-22(32-20-9-4-3-6-17(20)21)31-15-10-12-16(13-11-15)34(24(30)35)23-18(25(27,28)29)7-5-8-19(23)26/h3-9,14-16H,10-13H2,1-2H3,(H2,30,35)(H,31,32)/t15-,16+. The number of nitrogens with zero attached hydrogens (tertiary/aromatic N) is 3. The maximum Gasteiger partial charge on any atom is 0.418 e. The van der Waals surface area contributed by atoms with E-state index in [1.54, 1.807) is 0 Å². The van der Waals surface area contributed by atoms with Gasteiger partial charge in [0.2, 0.25) is 0 Å². The molecule has 6 nitrogen and oxygen atoms in total. The van der Waals surface area contributed by atoms with Crippen LogP contribution in [-0.2, 0) is 6.18 Å². The van der Waals surface area contributed by atoms with Crippen molar-refractivity contribution in [2.75, 3.05) is 29.2 Å². The smallest absolute Gasteiger partial charge is 0.377 e. The molecule has 0 unspecified atom stereocenters. The second kappa shape index (κ2) is 9.81. The van der Waals surface area contributed by atoms with E-state index in [-0.39, 0.29) is 16.8 Å². The van der Waals surface area contributed by atoms with Crippen LogP contribution in [0.5, 0.6) is 0 Å². The van der Waals surface area contributed by atoms with Gasteiger partial charge in [-0.25, -0.2) is 9.78 Å². The first-order chi connectivity index (χ1) is 16.6. The van der Waals surface area contributed by atoms with Crippen LogP contribution in [0, 0.1) is 0 Å². The van der Waals surface area contributed by atoms with Gasteiger partial charge in [0.05, 0.1) is 21.8 Å². The number of fused-ring (bicyclic) bond motifs is 1. The summed E-state index contributed by atoms with van der Waals surface area (Å²) in [6.45, 7) is 0. The number of alkyl halides is 3. The molecule has 3 aromatic rings. The molecule has 0 spiro atoms. The third-order valence-corrected chi connectivity index (χ3v) is 6.67. The van der Waals surface area contributed by atoms with Gasteiger partial charge in [-0.15, -0.1) is 0 Å². The number of hydrogen-bond donors (Lipinski definition) is 2. The molecule has 2 amide bonds. The van der Waals surface area contributed by atoms with Crippen molar-refractivity contribution in [2.24, 2.45) is 5.73 Å². The molecule has 10 heteroatoms. The zero-order valence-corrected chi connectivity index (χ0v) is 20.2. The number of benzene rings is 2. The van der Waals surface area contributed by atoms with E-state index in [9.17, 15) is 18.0 Å². The predicted octanol–water partition coefficient (Wildman–Crippen LogP) is 6.28. The van der Waals surface area contributed by atoms with Crippen molar-refractivity contribution < 1.29 is 18.0 Å². The zero-order valence-electron chi connectivity index (χ0n) is 19.4. The number of urea groups is 1. The van der Waals surface area contributed by atoms with Crippen molar-refractivity contribution in [3.63, 3.8) is 0 Å². The SMILES string of the molecule is CN(C)c1cc(N[C@H]2CC[C@@H](N(C(N)=O)c3c(Cl)cccc3C(F)(F)F)CC2)nc2ccccc12. The monoisotopic (exact) mass is 505 g/mol. The quantitative estimate of drug-likeness (QED) is 0.428. The van der Waals surface area contributed by atoms with Crippen LogP contribution in [0.25, 0.3) is 10.9 Å². The number of para-hydroxylation sites is 2. The van der Waals surface area contributed by atoms with Gasteiger partial charge in [0.15, 0.2) is 0 Å². The van der Waals surface area contributed by atoms with E-state index < -0.39 is 23.8 Å². The third kappa shape index (κ3) is 5.24. The molecule has 186 valence electrons. The van der Waals surface area contributed by atoms with Gasteiger partial charge < -0.3 is 16.0 Å². The molecule has 1 aliphatic rings. The number of aromatic nitrogens is 1. The lowest BCUT2D eigenvalue weighted by Gasteiger charge is -2.37. The molecule has 0 aliphatic heterocycles. The molecule has 2 aromatic carbocycles. The maximum absolute atomic E-state index is 13.7. The number of nitrogens with two attached hydrogens (primary N) is 1. The molecule has 1 fully saturated rings. The Morgan fingerprint density at radius 1 is 1.09 bits per heavy atom. The Balaban J connectivity index is 1.53. The average molecular weight is 506 g/mol. The van der Waals surface area contributed by atoms with Crippen LogP contribution >= 0.6 is 11.6 Å². The third-order valence-electron chi connectivity index (χ3n) is 6.36. The van der Waals surface area contributed by atoms with Crippen molar-refractivity contribution in [2.45, 2.75) is 43.9 Å². The first-order valence-corrected chi connectivity index (χ1v) is 11.7. The minimum Gasteiger partial charge on any atom is -0.377 e. The lowest BCUT2D eigenvalue weighted by Crippen LogP contribution is -2.47. The number of carbonyl (C=O) groups excluding carboxylic acids is 1. The number of halogens is 4. The number of anilines is 3. The van der Waals surface area contributed by atoms with E-state index in [2.05, 4.69) is 5.32 Å². The number of carbonyl (C=O) groups is 1. The van der Waals surface area contributed by atoms with Gasteiger partial charge in [0.1, 0.15) is 5.82 Å². The molecule has 1 saturated carbocycles. The summed E-state index contributed by atoms with van der Waals surface area (Å²) in [6.07, 6.45) is -2.47. The molecule has 1 aromatic heterocycles. The van der Waals surface area contributed by atoms with Crippen molar-refractivity contribution in [1.82, 2.24) is 4.98 Å². The summed E-state index contributed by atoms with van der Waals surface area (Å²) >= 11 is 6.14. The van der Waals surface area contributed by atoms with Gasteiger partial charge in [-0.1, -0.05) is 35.9 Å². The Bertz CT molecular complexity index is 1230. The van der Waals surface area contributed by atoms with Gasteiger partial charge in [-0.2, -0.15) is 13.2 Å². The van der Waals surface area contributed by atoms with Crippen LogP contribution in [0.1, 0.15) is 31.2 Å². The molecule has 35 heavy (non-hydrogen) atoms. The summed E-state index contributed by atoms with van der Waals surface area (Å²) in [5, 5.41) is 4.35. The Kier molecular flexibility index (Phi) is 6.98. The van der Waals surface area contributed by atoms with Crippen LogP contribution in [0.2, 0.25) is 5.02 Å². The molecule has 0 bridgehead atoms. The van der Waals surface area contributed by atoms with Gasteiger partial charge in [-0.3, -0.25) is 4.90 Å². The molecule has 1 heterocycles. The Morgan fingerprint density at radius 3 is 2.40 bits per heavy atom. The number of nitrogens with one attached hydrogen (secondary N) is 1. The maximum atomic E-state index is 13.7. The van der Waals surface area contributed by atoms with Gasteiger partial charge >= 0.3 is 12.2 Å². The number of hydrogen-bond acceptors (Lipinski definition) is 4. The number of rotatable bonds is 5. The van der Waals surface area contributed by atoms with E-state index in [1.807, 2.05) is 49.3 Å². The van der Waals surface area contributed by atoms with Crippen molar-refractivity contribution in [3.05, 3.63) is 59.1 Å². The molecule has 0 radical (unpaired) electrons. The summed E-state index contributed by atoms with van der Waals surface area (Å²) in [4.78, 5) is 20.1. The van der Waals surface area contributed by atoms with Gasteiger partial charge in [0, 0.05) is 43.3 Å². The number of pyridine rings is 1. The van der Waals surface area contributed by atoms with E-state index in [0.717, 1.165) is 33.4 Å². The molecule has 0 saturated heterocycles. The summed E-state index contributed by atoms with van der Waals surface area (Å²) in [7, 11) is 3.94. The van der Waals surface area contributed by atoms with Crippen LogP contribution in [0.3, 0.4) is 0 Å². The summed E-state index contributed by atoms with van der Waals surface area (Å²) in [5.74, 6) is 0.730. The predicted molar refractivity (Wildman–Crippen MR) is 134 cm³/mol. The van der Waals surface area contributed by atoms with Crippen LogP contribution in [0.4, 0.5) is 35.2 Å². The van der Waals surface area contributed by atoms with Crippen LogP contribution in [0.15, 0.2) is 48.5 Å². The number of primary amides is 1. The lowest BCUT2D eigenvalue weighted by molar-refractivity contribution is -0.137. The lowest BCUT2D eigenvalue weighted by atomic mass is 9.89. The average Bonchev–Trinajstić information content (AvgIpc) is 2.80. The summed E-state index contributed by atoms with van der Waals surface area (Å²) < 4.78 is 41.0. The second-order valence-corrected chi connectivity index (χ2v) is 9.34. The van der Waals surface area contributed by atoms with E-state index >= 15 is 0 Å². The summed E-state index contributed by atoms with van der Waals surface area (Å²) in [5.41, 5.74) is 6.12. The molecule has 1 aliphatic carbocycles. The topological polar surface area (TPSA) is 74.5 Å². The van der Waals surface area contributed by atoms with E-state index in [4.69, 9.17) is 22.3 Å². The highest BCUT2D eigenvalue weighted by atomic mass is 35.5. The first-order valence-electron chi connectivity index (χ1n) is 11.3. The fourth-order valence-electron chi connectivity index (χ4n) is 4.75. The van der Waals surface area contributed by atoms with Crippen LogP contribution in [-0.4, -0.2) is 37.2 Å². The highest BCUT2D eigenvalue weighted by Crippen LogP contribution is 2.43. The summed E-state index contributed by atoms with van der Waals surface area (Å²) in [6, 6.07) is 12.0. The Labute approximate surface area is 206 Å². The molecule has 3 N–H and O–H groups in total. The van der Waals surface area contributed by atoms with Crippen molar-refractivity contribution >= 4 is 45.7 Å². The fraction of sp³-hybridized carbons (Fsp3) is 0.360. The number of amides is 2. The van der Waals surface area contributed by atoms with Crippen molar-refractivity contribution in [3.8, 4) is 0 Å². The fourth-order valence-corrected chi connectivity index (χ4v) is 5.02. The minimum absolute atomic E-state index is 0.0537. The molecule has 4 rings (SSSR count). The van der Waals surface area contributed by atoms with Crippen molar-refractivity contribution in [1.29, 1.82) is 0 Å². The van der Waals surface area contributed by atoms with Gasteiger partial charge in [-0.05, 0) is 43.9 Å².